The Labute approximate surface area is 127 Å². The molecule has 1 aliphatic carbocycles. The zero-order chi connectivity index (χ0) is 14.1. The number of nitrogens with zero attached hydrogens (tertiary/aromatic N) is 1. The molecule has 106 valence electrons. The summed E-state index contributed by atoms with van der Waals surface area (Å²) in [6, 6.07) is 7.64. The molecule has 1 saturated carbocycles. The van der Waals surface area contributed by atoms with Crippen LogP contribution in [0.15, 0.2) is 41.1 Å². The number of hydrogen-bond acceptors (Lipinski definition) is 1. The fraction of sp³-hybridized carbons (Fsp3) is 0.375. The molecule has 0 amide bonds. The molecule has 1 heterocycles. The van der Waals surface area contributed by atoms with Gasteiger partial charge in [-0.3, -0.25) is 0 Å². The Hall–Kier alpha value is -1.13. The predicted octanol–water partition coefficient (Wildman–Crippen LogP) is 4.11. The maximum Gasteiger partial charge on any atom is 0.128 e. The molecule has 1 aromatic carbocycles. The van der Waals surface area contributed by atoms with E-state index in [1.807, 2.05) is 23.9 Å². The topological polar surface area (TPSA) is 17.0 Å². The fourth-order valence-corrected chi connectivity index (χ4v) is 3.12. The van der Waals surface area contributed by atoms with Crippen LogP contribution in [0.5, 0.6) is 0 Å². The van der Waals surface area contributed by atoms with Crippen molar-refractivity contribution in [2.75, 3.05) is 7.05 Å². The van der Waals surface area contributed by atoms with Gasteiger partial charge < -0.3 is 9.88 Å². The smallest absolute Gasteiger partial charge is 0.128 e. The Morgan fingerprint density at radius 1 is 1.40 bits per heavy atom. The third-order valence-corrected chi connectivity index (χ3v) is 4.39. The Balaban J connectivity index is 1.78. The van der Waals surface area contributed by atoms with Gasteiger partial charge in [0.2, 0.25) is 0 Å². The minimum Gasteiger partial charge on any atom is -0.349 e. The highest BCUT2D eigenvalue weighted by molar-refractivity contribution is 9.10. The van der Waals surface area contributed by atoms with E-state index < -0.39 is 0 Å². The van der Waals surface area contributed by atoms with E-state index in [9.17, 15) is 4.39 Å². The first-order valence-corrected chi connectivity index (χ1v) is 7.73. The van der Waals surface area contributed by atoms with Gasteiger partial charge in [0.1, 0.15) is 5.82 Å². The van der Waals surface area contributed by atoms with Crippen molar-refractivity contribution in [2.45, 2.75) is 25.4 Å². The van der Waals surface area contributed by atoms with Crippen molar-refractivity contribution in [1.29, 1.82) is 0 Å². The van der Waals surface area contributed by atoms with Gasteiger partial charge in [0.25, 0.3) is 0 Å². The zero-order valence-corrected chi connectivity index (χ0v) is 13.0. The van der Waals surface area contributed by atoms with Crippen LogP contribution in [0.2, 0.25) is 0 Å². The van der Waals surface area contributed by atoms with Gasteiger partial charge >= 0.3 is 0 Å². The fourth-order valence-electron chi connectivity index (χ4n) is 2.71. The molecule has 1 fully saturated rings. The van der Waals surface area contributed by atoms with E-state index in [4.69, 9.17) is 0 Å². The van der Waals surface area contributed by atoms with E-state index in [2.05, 4.69) is 33.5 Å². The molecule has 4 heteroatoms. The molecule has 2 nitrogen and oxygen atoms in total. The molecule has 1 atom stereocenters. The van der Waals surface area contributed by atoms with Crippen LogP contribution < -0.4 is 5.32 Å². The summed E-state index contributed by atoms with van der Waals surface area (Å²) in [5.74, 6) is 0.606. The zero-order valence-electron chi connectivity index (χ0n) is 11.4. The minimum atomic E-state index is -0.157. The summed E-state index contributed by atoms with van der Waals surface area (Å²) in [6.07, 6.45) is 6.76. The molecule has 1 aromatic heterocycles. The van der Waals surface area contributed by atoms with Crippen molar-refractivity contribution in [3.05, 3.63) is 58.1 Å². The molecule has 0 radical (unpaired) electrons. The van der Waals surface area contributed by atoms with E-state index in [1.165, 1.54) is 24.5 Å². The summed E-state index contributed by atoms with van der Waals surface area (Å²) >= 11 is 3.39. The van der Waals surface area contributed by atoms with Crippen LogP contribution in [0.4, 0.5) is 4.39 Å². The number of nitrogens with one attached hydrogen (secondary N) is 1. The number of benzene rings is 1. The molecule has 1 unspecified atom stereocenters. The van der Waals surface area contributed by atoms with Gasteiger partial charge in [-0.05, 0) is 55.6 Å². The number of aromatic nitrogens is 1. The largest absolute Gasteiger partial charge is 0.349 e. The molecule has 3 rings (SSSR count). The molecule has 20 heavy (non-hydrogen) atoms. The van der Waals surface area contributed by atoms with Crippen LogP contribution in [0.3, 0.4) is 0 Å². The number of halogens is 2. The van der Waals surface area contributed by atoms with E-state index in [-0.39, 0.29) is 5.82 Å². The highest BCUT2D eigenvalue weighted by Gasteiger charge is 2.31. The molecule has 1 N–H and O–H groups in total. The van der Waals surface area contributed by atoms with Gasteiger partial charge in [0.05, 0.1) is 0 Å². The van der Waals surface area contributed by atoms with Crippen molar-refractivity contribution >= 4 is 15.9 Å². The monoisotopic (exact) mass is 336 g/mol. The van der Waals surface area contributed by atoms with Gasteiger partial charge in [-0.15, -0.1) is 0 Å². The van der Waals surface area contributed by atoms with Gasteiger partial charge in [0.15, 0.2) is 0 Å². The van der Waals surface area contributed by atoms with Gasteiger partial charge in [0, 0.05) is 35.0 Å². The first kappa shape index (κ1) is 13.8. The SMILES string of the molecule is CNC(c1ccn(Cc2cc(Br)ccc2F)c1)C1CC1. The van der Waals surface area contributed by atoms with Crippen molar-refractivity contribution in [3.63, 3.8) is 0 Å². The first-order chi connectivity index (χ1) is 9.67. The average molecular weight is 337 g/mol. The molecule has 0 bridgehead atoms. The third-order valence-electron chi connectivity index (χ3n) is 3.90. The summed E-state index contributed by atoms with van der Waals surface area (Å²) in [5, 5.41) is 3.38. The maximum atomic E-state index is 13.8. The average Bonchev–Trinajstić information content (AvgIpc) is 3.15. The second-order valence-corrected chi connectivity index (χ2v) is 6.37. The second-order valence-electron chi connectivity index (χ2n) is 5.46. The molecular weight excluding hydrogens is 319 g/mol. The van der Waals surface area contributed by atoms with Crippen LogP contribution in [-0.2, 0) is 6.54 Å². The normalized spacial score (nSPS) is 16.4. The highest BCUT2D eigenvalue weighted by Crippen LogP contribution is 2.40. The van der Waals surface area contributed by atoms with E-state index in [0.29, 0.717) is 18.2 Å². The molecule has 0 spiro atoms. The summed E-state index contributed by atoms with van der Waals surface area (Å²) in [4.78, 5) is 0. The number of rotatable bonds is 5. The molecule has 2 aromatic rings. The lowest BCUT2D eigenvalue weighted by atomic mass is 10.1. The summed E-state index contributed by atoms with van der Waals surface area (Å²) in [6.45, 7) is 0.562. The molecule has 1 aliphatic rings. The lowest BCUT2D eigenvalue weighted by Crippen LogP contribution is -2.17. The maximum absolute atomic E-state index is 13.8. The highest BCUT2D eigenvalue weighted by atomic mass is 79.9. The van der Waals surface area contributed by atoms with Crippen molar-refractivity contribution in [3.8, 4) is 0 Å². The first-order valence-electron chi connectivity index (χ1n) is 6.94. The summed E-state index contributed by atoms with van der Waals surface area (Å²) < 4.78 is 16.7. The van der Waals surface area contributed by atoms with Gasteiger partial charge in [-0.25, -0.2) is 4.39 Å². The van der Waals surface area contributed by atoms with Crippen LogP contribution in [0.25, 0.3) is 0 Å². The van der Waals surface area contributed by atoms with E-state index in [1.54, 1.807) is 6.07 Å². The summed E-state index contributed by atoms with van der Waals surface area (Å²) in [5.41, 5.74) is 2.00. The van der Waals surface area contributed by atoms with Gasteiger partial charge in [-0.2, -0.15) is 0 Å². The van der Waals surface area contributed by atoms with Crippen LogP contribution >= 0.6 is 15.9 Å². The van der Waals surface area contributed by atoms with Crippen molar-refractivity contribution < 1.29 is 4.39 Å². The Kier molecular flexibility index (Phi) is 3.94. The Morgan fingerprint density at radius 3 is 2.90 bits per heavy atom. The van der Waals surface area contributed by atoms with Crippen molar-refractivity contribution in [1.82, 2.24) is 9.88 Å². The minimum absolute atomic E-state index is 0.157. The quantitative estimate of drug-likeness (QED) is 0.869. The van der Waals surface area contributed by atoms with E-state index in [0.717, 1.165) is 10.4 Å². The Bertz CT molecular complexity index is 604. The lowest BCUT2D eigenvalue weighted by Gasteiger charge is -2.13. The lowest BCUT2D eigenvalue weighted by molar-refractivity contribution is 0.527. The standard InChI is InChI=1S/C16H18BrFN2/c1-19-16(11-2-3-11)12-6-7-20(9-12)10-13-8-14(17)4-5-15(13)18/h4-9,11,16,19H,2-3,10H2,1H3. The molecular formula is C16H18BrFN2. The number of hydrogen-bond donors (Lipinski definition) is 1. The van der Waals surface area contributed by atoms with Crippen LogP contribution in [0, 0.1) is 11.7 Å². The van der Waals surface area contributed by atoms with Crippen LogP contribution in [0.1, 0.15) is 30.0 Å². The Morgan fingerprint density at radius 2 is 2.20 bits per heavy atom. The second kappa shape index (κ2) is 5.70. The van der Waals surface area contributed by atoms with Crippen molar-refractivity contribution in [2.24, 2.45) is 5.92 Å². The molecule has 0 aliphatic heterocycles. The predicted molar refractivity (Wildman–Crippen MR) is 82.2 cm³/mol. The molecule has 0 saturated heterocycles. The van der Waals surface area contributed by atoms with Crippen LogP contribution in [-0.4, -0.2) is 11.6 Å². The summed E-state index contributed by atoms with van der Waals surface area (Å²) in [7, 11) is 2.01. The van der Waals surface area contributed by atoms with Gasteiger partial charge in [-0.1, -0.05) is 15.9 Å². The van der Waals surface area contributed by atoms with E-state index >= 15 is 0 Å². The third kappa shape index (κ3) is 2.96.